The van der Waals surface area contributed by atoms with Crippen LogP contribution in [0, 0.1) is 0 Å². The van der Waals surface area contributed by atoms with E-state index in [-0.39, 0.29) is 0 Å². The molecule has 0 spiro atoms. The Bertz CT molecular complexity index is 306. The van der Waals surface area contributed by atoms with Gasteiger partial charge in [-0.05, 0) is 45.2 Å². The van der Waals surface area contributed by atoms with Crippen LogP contribution in [0.4, 0.5) is 0 Å². The SMILES string of the molecule is CCN(CC)CCNC(=NC)NCCC1=CCCCC1. The Labute approximate surface area is 124 Å². The van der Waals surface area contributed by atoms with Crippen molar-refractivity contribution >= 4 is 5.96 Å². The number of rotatable bonds is 8. The van der Waals surface area contributed by atoms with E-state index in [0.717, 1.165) is 45.1 Å². The van der Waals surface area contributed by atoms with Crippen LogP contribution in [0.1, 0.15) is 46.0 Å². The van der Waals surface area contributed by atoms with Crippen molar-refractivity contribution in [2.24, 2.45) is 4.99 Å². The summed E-state index contributed by atoms with van der Waals surface area (Å²) in [4.78, 5) is 6.69. The fraction of sp³-hybridized carbons (Fsp3) is 0.812. The first-order chi connectivity index (χ1) is 9.80. The molecule has 20 heavy (non-hydrogen) atoms. The monoisotopic (exact) mass is 280 g/mol. The highest BCUT2D eigenvalue weighted by Gasteiger charge is 2.04. The summed E-state index contributed by atoms with van der Waals surface area (Å²) in [7, 11) is 1.84. The Hall–Kier alpha value is -1.03. The summed E-state index contributed by atoms with van der Waals surface area (Å²) in [6, 6.07) is 0. The number of aliphatic imine (C=N–C) groups is 1. The maximum absolute atomic E-state index is 4.28. The van der Waals surface area contributed by atoms with E-state index in [4.69, 9.17) is 0 Å². The van der Waals surface area contributed by atoms with E-state index in [2.05, 4.69) is 40.4 Å². The van der Waals surface area contributed by atoms with Crippen molar-refractivity contribution in [1.82, 2.24) is 15.5 Å². The lowest BCUT2D eigenvalue weighted by Crippen LogP contribution is -2.41. The highest BCUT2D eigenvalue weighted by Crippen LogP contribution is 2.19. The van der Waals surface area contributed by atoms with E-state index in [9.17, 15) is 0 Å². The molecule has 0 aromatic carbocycles. The lowest BCUT2D eigenvalue weighted by atomic mass is 9.97. The third-order valence-electron chi connectivity index (χ3n) is 3.96. The number of allylic oxidation sites excluding steroid dienone is 1. The number of hydrogen-bond acceptors (Lipinski definition) is 2. The van der Waals surface area contributed by atoms with Crippen molar-refractivity contribution in [2.75, 3.05) is 39.8 Å². The smallest absolute Gasteiger partial charge is 0.191 e. The van der Waals surface area contributed by atoms with Crippen molar-refractivity contribution < 1.29 is 0 Å². The van der Waals surface area contributed by atoms with E-state index in [1.165, 1.54) is 25.7 Å². The Morgan fingerprint density at radius 1 is 1.20 bits per heavy atom. The summed E-state index contributed by atoms with van der Waals surface area (Å²) >= 11 is 0. The van der Waals surface area contributed by atoms with Crippen molar-refractivity contribution in [3.63, 3.8) is 0 Å². The number of nitrogens with zero attached hydrogens (tertiary/aromatic N) is 2. The molecular weight excluding hydrogens is 248 g/mol. The Kier molecular flexibility index (Phi) is 9.13. The molecule has 1 rings (SSSR count). The second-order valence-corrected chi connectivity index (χ2v) is 5.31. The molecule has 0 amide bonds. The molecule has 4 nitrogen and oxygen atoms in total. The first kappa shape index (κ1) is 17.0. The fourth-order valence-electron chi connectivity index (χ4n) is 2.57. The first-order valence-electron chi connectivity index (χ1n) is 8.14. The molecule has 4 heteroatoms. The fourth-order valence-corrected chi connectivity index (χ4v) is 2.57. The Morgan fingerprint density at radius 2 is 1.95 bits per heavy atom. The van der Waals surface area contributed by atoms with E-state index in [0.29, 0.717) is 0 Å². The second kappa shape index (κ2) is 10.7. The molecule has 0 aromatic rings. The van der Waals surface area contributed by atoms with Crippen LogP contribution >= 0.6 is 0 Å². The molecule has 0 unspecified atom stereocenters. The number of hydrogen-bond donors (Lipinski definition) is 2. The maximum Gasteiger partial charge on any atom is 0.191 e. The molecule has 1 aliphatic carbocycles. The van der Waals surface area contributed by atoms with Crippen LogP contribution in [-0.4, -0.2) is 50.6 Å². The predicted molar refractivity (Wildman–Crippen MR) is 88.3 cm³/mol. The van der Waals surface area contributed by atoms with Crippen molar-refractivity contribution in [2.45, 2.75) is 46.0 Å². The second-order valence-electron chi connectivity index (χ2n) is 5.31. The van der Waals surface area contributed by atoms with Gasteiger partial charge in [-0.2, -0.15) is 0 Å². The van der Waals surface area contributed by atoms with Crippen LogP contribution in [0.2, 0.25) is 0 Å². The van der Waals surface area contributed by atoms with Gasteiger partial charge in [-0.25, -0.2) is 0 Å². The average molecular weight is 280 g/mol. The van der Waals surface area contributed by atoms with E-state index < -0.39 is 0 Å². The largest absolute Gasteiger partial charge is 0.356 e. The van der Waals surface area contributed by atoms with Crippen molar-refractivity contribution in [3.8, 4) is 0 Å². The molecular formula is C16H32N4. The van der Waals surface area contributed by atoms with Gasteiger partial charge in [0.05, 0.1) is 0 Å². The van der Waals surface area contributed by atoms with Crippen molar-refractivity contribution in [3.05, 3.63) is 11.6 Å². The van der Waals surface area contributed by atoms with Gasteiger partial charge in [-0.15, -0.1) is 0 Å². The number of guanidine groups is 1. The molecule has 2 N–H and O–H groups in total. The molecule has 0 atom stereocenters. The van der Waals surface area contributed by atoms with Crippen LogP contribution < -0.4 is 10.6 Å². The molecule has 116 valence electrons. The van der Waals surface area contributed by atoms with Gasteiger partial charge < -0.3 is 15.5 Å². The highest BCUT2D eigenvalue weighted by molar-refractivity contribution is 5.79. The van der Waals surface area contributed by atoms with Gasteiger partial charge in [0.15, 0.2) is 5.96 Å². The highest BCUT2D eigenvalue weighted by atomic mass is 15.2. The Balaban J connectivity index is 2.14. The summed E-state index contributed by atoms with van der Waals surface area (Å²) < 4.78 is 0. The van der Waals surface area contributed by atoms with Gasteiger partial charge in [0.25, 0.3) is 0 Å². The molecule has 0 radical (unpaired) electrons. The van der Waals surface area contributed by atoms with Crippen LogP contribution in [0.5, 0.6) is 0 Å². The predicted octanol–water partition coefficient (Wildman–Crippen LogP) is 2.38. The normalized spacial score (nSPS) is 16.2. The summed E-state index contributed by atoms with van der Waals surface area (Å²) in [6.45, 7) is 9.62. The van der Waals surface area contributed by atoms with E-state index in [1.54, 1.807) is 5.57 Å². The van der Waals surface area contributed by atoms with Crippen LogP contribution in [0.3, 0.4) is 0 Å². The van der Waals surface area contributed by atoms with Gasteiger partial charge in [0.1, 0.15) is 0 Å². The van der Waals surface area contributed by atoms with E-state index >= 15 is 0 Å². The zero-order valence-corrected chi connectivity index (χ0v) is 13.5. The molecule has 0 saturated heterocycles. The summed E-state index contributed by atoms with van der Waals surface area (Å²) in [6.07, 6.45) is 8.86. The van der Waals surface area contributed by atoms with Gasteiger partial charge in [0.2, 0.25) is 0 Å². The molecule has 1 aliphatic rings. The molecule has 0 bridgehead atoms. The zero-order valence-electron chi connectivity index (χ0n) is 13.5. The lowest BCUT2D eigenvalue weighted by molar-refractivity contribution is 0.308. The zero-order chi connectivity index (χ0) is 14.6. The summed E-state index contributed by atoms with van der Waals surface area (Å²) in [5.74, 6) is 0.925. The maximum atomic E-state index is 4.28. The van der Waals surface area contributed by atoms with Gasteiger partial charge in [0, 0.05) is 26.7 Å². The van der Waals surface area contributed by atoms with Crippen LogP contribution in [0.15, 0.2) is 16.6 Å². The molecule has 0 saturated carbocycles. The lowest BCUT2D eigenvalue weighted by Gasteiger charge is -2.19. The third-order valence-corrected chi connectivity index (χ3v) is 3.96. The minimum absolute atomic E-state index is 0.925. The molecule has 0 fully saturated rings. The number of likely N-dealkylation sites (N-methyl/N-ethyl adjacent to an activating group) is 1. The standard InChI is InChI=1S/C16H32N4/c1-4-20(5-2)14-13-19-16(17-3)18-12-11-15-9-7-6-8-10-15/h9H,4-8,10-14H2,1-3H3,(H2,17,18,19). The minimum Gasteiger partial charge on any atom is -0.356 e. The summed E-state index contributed by atoms with van der Waals surface area (Å²) in [5, 5.41) is 6.79. The van der Waals surface area contributed by atoms with Gasteiger partial charge >= 0.3 is 0 Å². The first-order valence-corrected chi connectivity index (χ1v) is 8.14. The van der Waals surface area contributed by atoms with Crippen LogP contribution in [0.25, 0.3) is 0 Å². The molecule has 0 heterocycles. The van der Waals surface area contributed by atoms with Gasteiger partial charge in [-0.1, -0.05) is 25.5 Å². The minimum atomic E-state index is 0.925. The van der Waals surface area contributed by atoms with Gasteiger partial charge in [-0.3, -0.25) is 4.99 Å². The topological polar surface area (TPSA) is 39.7 Å². The third kappa shape index (κ3) is 6.94. The Morgan fingerprint density at radius 3 is 2.55 bits per heavy atom. The quantitative estimate of drug-likeness (QED) is 0.407. The van der Waals surface area contributed by atoms with Crippen LogP contribution in [-0.2, 0) is 0 Å². The summed E-state index contributed by atoms with van der Waals surface area (Å²) in [5.41, 5.74) is 1.61. The van der Waals surface area contributed by atoms with E-state index in [1.807, 2.05) is 7.05 Å². The molecule has 0 aliphatic heterocycles. The number of nitrogens with one attached hydrogen (secondary N) is 2. The molecule has 0 aromatic heterocycles. The van der Waals surface area contributed by atoms with Crippen molar-refractivity contribution in [1.29, 1.82) is 0 Å². The average Bonchev–Trinajstić information content (AvgIpc) is 2.51.